The molecule has 0 saturated carbocycles. The molecule has 0 saturated heterocycles. The number of benzene rings is 2. The minimum absolute atomic E-state index is 0.155. The lowest BCUT2D eigenvalue weighted by Gasteiger charge is -2.18. The second kappa shape index (κ2) is 9.01. The number of ether oxygens (including phenoxy) is 1. The molecule has 0 aliphatic carbocycles. The third-order valence-corrected chi connectivity index (χ3v) is 4.52. The molecule has 0 N–H and O–H groups in total. The molecule has 8 heteroatoms. The summed E-state index contributed by atoms with van der Waals surface area (Å²) >= 11 is 0. The molecule has 3 rings (SSSR count). The number of carbonyl (C=O) groups is 1. The number of carbonyl (C=O) groups excluding carboxylic acids is 1. The smallest absolute Gasteiger partial charge is 0.270 e. The zero-order chi connectivity index (χ0) is 20.8. The molecule has 29 heavy (non-hydrogen) atoms. The van der Waals surface area contributed by atoms with E-state index < -0.39 is 4.92 Å². The second-order valence-corrected chi connectivity index (χ2v) is 6.52. The van der Waals surface area contributed by atoms with Crippen LogP contribution in [0.3, 0.4) is 0 Å². The minimum Gasteiger partial charge on any atom is -0.496 e. The van der Waals surface area contributed by atoms with E-state index in [1.807, 2.05) is 36.4 Å². The summed E-state index contributed by atoms with van der Waals surface area (Å²) in [6.07, 6.45) is 1.27. The molecule has 150 valence electrons. The van der Waals surface area contributed by atoms with Gasteiger partial charge in [0.2, 0.25) is 0 Å². The van der Waals surface area contributed by atoms with Crippen molar-refractivity contribution in [2.45, 2.75) is 12.8 Å². The lowest BCUT2D eigenvalue weighted by atomic mass is 10.1. The van der Waals surface area contributed by atoms with Crippen LogP contribution < -0.4 is 4.74 Å². The number of rotatable bonds is 8. The van der Waals surface area contributed by atoms with Crippen LogP contribution in [0.4, 0.5) is 5.69 Å². The van der Waals surface area contributed by atoms with Gasteiger partial charge in [-0.3, -0.25) is 14.9 Å². The fourth-order valence-corrected chi connectivity index (χ4v) is 2.95. The number of hydrogen-bond donors (Lipinski definition) is 0. The van der Waals surface area contributed by atoms with Gasteiger partial charge in [0, 0.05) is 43.8 Å². The average molecular weight is 395 g/mol. The molecule has 1 amide bonds. The Balaban J connectivity index is 1.60. The van der Waals surface area contributed by atoms with Gasteiger partial charge in [0.05, 0.1) is 17.6 Å². The number of aryl methyl sites for hydroxylation is 1. The number of nitro benzene ring substituents is 1. The van der Waals surface area contributed by atoms with Gasteiger partial charge in [-0.05, 0) is 12.5 Å². The van der Waals surface area contributed by atoms with Gasteiger partial charge >= 0.3 is 0 Å². The summed E-state index contributed by atoms with van der Waals surface area (Å²) in [5.74, 6) is 0.695. The summed E-state index contributed by atoms with van der Waals surface area (Å²) in [5, 5.41) is 15.1. The lowest BCUT2D eigenvalue weighted by Crippen LogP contribution is -2.28. The third kappa shape index (κ3) is 4.78. The highest BCUT2D eigenvalue weighted by atomic mass is 16.6. The highest BCUT2D eigenvalue weighted by Gasteiger charge is 2.20. The van der Waals surface area contributed by atoms with Crippen LogP contribution in [0.1, 0.15) is 22.5 Å². The molecule has 2 aromatic carbocycles. The first-order valence-corrected chi connectivity index (χ1v) is 9.08. The first-order chi connectivity index (χ1) is 14.0. The number of amides is 1. The normalized spacial score (nSPS) is 10.6. The Labute approximate surface area is 167 Å². The first kappa shape index (κ1) is 20.1. The van der Waals surface area contributed by atoms with Crippen LogP contribution in [0.5, 0.6) is 5.75 Å². The van der Waals surface area contributed by atoms with E-state index in [1.165, 1.54) is 30.2 Å². The van der Waals surface area contributed by atoms with Crippen molar-refractivity contribution < 1.29 is 19.0 Å². The Morgan fingerprint density at radius 2 is 1.97 bits per heavy atom. The SMILES string of the molecule is COc1ccc([N+](=O)[O-])cc1C(=O)N(C)CCCc1cc(-c2ccccc2)no1. The summed E-state index contributed by atoms with van der Waals surface area (Å²) < 4.78 is 10.6. The number of nitro groups is 1. The Hall–Kier alpha value is -3.68. The number of methoxy groups -OCH3 is 1. The van der Waals surface area contributed by atoms with Gasteiger partial charge in [-0.25, -0.2) is 0 Å². The maximum atomic E-state index is 12.7. The van der Waals surface area contributed by atoms with Gasteiger partial charge < -0.3 is 14.2 Å². The molecule has 0 spiro atoms. The van der Waals surface area contributed by atoms with Crippen LogP contribution in [-0.2, 0) is 6.42 Å². The van der Waals surface area contributed by atoms with Crippen molar-refractivity contribution >= 4 is 11.6 Å². The van der Waals surface area contributed by atoms with Gasteiger partial charge in [0.25, 0.3) is 11.6 Å². The molecular formula is C21H21N3O5. The predicted molar refractivity (Wildman–Crippen MR) is 107 cm³/mol. The Morgan fingerprint density at radius 1 is 1.21 bits per heavy atom. The fraction of sp³-hybridized carbons (Fsp3) is 0.238. The molecule has 0 aliphatic rings. The molecule has 0 radical (unpaired) electrons. The largest absolute Gasteiger partial charge is 0.496 e. The average Bonchev–Trinajstić information content (AvgIpc) is 3.22. The number of aromatic nitrogens is 1. The first-order valence-electron chi connectivity index (χ1n) is 9.08. The summed E-state index contributed by atoms with van der Waals surface area (Å²) in [7, 11) is 3.07. The maximum absolute atomic E-state index is 12.7. The van der Waals surface area contributed by atoms with Gasteiger partial charge in [-0.15, -0.1) is 0 Å². The van der Waals surface area contributed by atoms with E-state index in [0.717, 1.165) is 17.0 Å². The van der Waals surface area contributed by atoms with E-state index >= 15 is 0 Å². The van der Waals surface area contributed by atoms with E-state index in [9.17, 15) is 14.9 Å². The monoisotopic (exact) mass is 395 g/mol. The Kier molecular flexibility index (Phi) is 6.23. The Bertz CT molecular complexity index is 1000. The van der Waals surface area contributed by atoms with E-state index in [1.54, 1.807) is 7.05 Å². The maximum Gasteiger partial charge on any atom is 0.270 e. The van der Waals surface area contributed by atoms with Crippen molar-refractivity contribution in [2.24, 2.45) is 0 Å². The van der Waals surface area contributed by atoms with Gasteiger partial charge in [0.1, 0.15) is 17.2 Å². The van der Waals surface area contributed by atoms with Crippen molar-refractivity contribution in [1.29, 1.82) is 0 Å². The van der Waals surface area contributed by atoms with Crippen LogP contribution in [-0.4, -0.2) is 41.6 Å². The van der Waals surface area contributed by atoms with Crippen molar-refractivity contribution in [1.82, 2.24) is 10.1 Å². The van der Waals surface area contributed by atoms with Gasteiger partial charge in [-0.1, -0.05) is 35.5 Å². The van der Waals surface area contributed by atoms with Crippen LogP contribution >= 0.6 is 0 Å². The third-order valence-electron chi connectivity index (χ3n) is 4.52. The molecule has 8 nitrogen and oxygen atoms in total. The van der Waals surface area contributed by atoms with E-state index in [4.69, 9.17) is 9.26 Å². The molecular weight excluding hydrogens is 374 g/mol. The fourth-order valence-electron chi connectivity index (χ4n) is 2.95. The number of non-ortho nitro benzene ring substituents is 1. The summed E-state index contributed by atoms with van der Waals surface area (Å²) in [6.45, 7) is 0.450. The van der Waals surface area contributed by atoms with Crippen LogP contribution in [0.25, 0.3) is 11.3 Å². The molecule has 0 unspecified atom stereocenters. The van der Waals surface area contributed by atoms with Crippen molar-refractivity contribution in [3.63, 3.8) is 0 Å². The Morgan fingerprint density at radius 3 is 2.66 bits per heavy atom. The second-order valence-electron chi connectivity index (χ2n) is 6.52. The molecule has 3 aromatic rings. The molecule has 0 atom stereocenters. The minimum atomic E-state index is -0.537. The quantitative estimate of drug-likeness (QED) is 0.423. The topological polar surface area (TPSA) is 98.7 Å². The van der Waals surface area contributed by atoms with Gasteiger partial charge in [0.15, 0.2) is 0 Å². The molecule has 0 aliphatic heterocycles. The van der Waals surface area contributed by atoms with Crippen molar-refractivity contribution in [2.75, 3.05) is 20.7 Å². The highest BCUT2D eigenvalue weighted by Crippen LogP contribution is 2.25. The lowest BCUT2D eigenvalue weighted by molar-refractivity contribution is -0.384. The predicted octanol–water partition coefficient (Wildman–Crippen LogP) is 3.96. The van der Waals surface area contributed by atoms with Crippen LogP contribution in [0.2, 0.25) is 0 Å². The summed E-state index contributed by atoms with van der Waals surface area (Å²) in [4.78, 5) is 24.7. The van der Waals surface area contributed by atoms with Crippen LogP contribution in [0, 0.1) is 10.1 Å². The van der Waals surface area contributed by atoms with E-state index in [-0.39, 0.29) is 17.2 Å². The van der Waals surface area contributed by atoms with Gasteiger partial charge in [-0.2, -0.15) is 0 Å². The summed E-state index contributed by atoms with van der Waals surface area (Å²) in [6, 6.07) is 15.6. The van der Waals surface area contributed by atoms with Crippen molar-refractivity contribution in [3.8, 4) is 17.0 Å². The van der Waals surface area contributed by atoms with Crippen LogP contribution in [0.15, 0.2) is 59.1 Å². The number of nitrogens with zero attached hydrogens (tertiary/aromatic N) is 3. The standard InChI is InChI=1S/C21H21N3O5/c1-23(21(25)18-13-16(24(26)27)10-11-20(18)28-2)12-6-9-17-14-19(22-29-17)15-7-4-3-5-8-15/h3-5,7-8,10-11,13-14H,6,9,12H2,1-2H3. The zero-order valence-electron chi connectivity index (χ0n) is 16.2. The number of hydrogen-bond acceptors (Lipinski definition) is 6. The van der Waals surface area contributed by atoms with E-state index in [2.05, 4.69) is 5.16 Å². The van der Waals surface area contributed by atoms with E-state index in [0.29, 0.717) is 25.1 Å². The zero-order valence-corrected chi connectivity index (χ0v) is 16.2. The van der Waals surface area contributed by atoms with Crippen molar-refractivity contribution in [3.05, 3.63) is 76.0 Å². The highest BCUT2D eigenvalue weighted by molar-refractivity contribution is 5.97. The molecule has 1 heterocycles. The molecule has 1 aromatic heterocycles. The molecule has 0 fully saturated rings. The summed E-state index contributed by atoms with van der Waals surface area (Å²) in [5.41, 5.74) is 1.76. The molecule has 0 bridgehead atoms.